The van der Waals surface area contributed by atoms with Gasteiger partial charge in [-0.25, -0.2) is 8.42 Å². The number of nitrogens with zero attached hydrogens (tertiary/aromatic N) is 1. The van der Waals surface area contributed by atoms with Crippen molar-refractivity contribution in [3.63, 3.8) is 0 Å². The van der Waals surface area contributed by atoms with Crippen molar-refractivity contribution in [2.75, 3.05) is 36.5 Å². The number of carbonyl (C=O) groups excluding carboxylic acids is 2. The Kier molecular flexibility index (Phi) is 7.02. The summed E-state index contributed by atoms with van der Waals surface area (Å²) in [5, 5.41) is 6.06. The monoisotopic (exact) mass is 401 g/mol. The lowest BCUT2D eigenvalue weighted by Crippen LogP contribution is -2.44. The number of amides is 2. The van der Waals surface area contributed by atoms with Crippen molar-refractivity contribution in [1.29, 1.82) is 0 Å². The fraction of sp³-hybridized carbons (Fsp3) is 0.529. The predicted octanol–water partition coefficient (Wildman–Crippen LogP) is 1.21. The molecule has 1 aliphatic rings. The molecule has 2 N–H and O–H groups in total. The van der Waals surface area contributed by atoms with E-state index in [4.69, 9.17) is 11.6 Å². The molecule has 9 heteroatoms. The first-order valence-corrected chi connectivity index (χ1v) is 10.7. The molecule has 0 bridgehead atoms. The van der Waals surface area contributed by atoms with Crippen molar-refractivity contribution in [1.82, 2.24) is 10.2 Å². The molecule has 1 aliphatic heterocycles. The minimum absolute atomic E-state index is 0.0145. The van der Waals surface area contributed by atoms with E-state index in [-0.39, 0.29) is 42.5 Å². The smallest absolute Gasteiger partial charge is 0.238 e. The summed E-state index contributed by atoms with van der Waals surface area (Å²) >= 11 is 5.95. The molecule has 1 heterocycles. The molecule has 1 saturated heterocycles. The van der Waals surface area contributed by atoms with E-state index >= 15 is 0 Å². The van der Waals surface area contributed by atoms with Gasteiger partial charge in [-0.3, -0.25) is 14.5 Å². The zero-order chi connectivity index (χ0) is 19.3. The number of hydrogen-bond acceptors (Lipinski definition) is 5. The Hall–Kier alpha value is -1.64. The van der Waals surface area contributed by atoms with Crippen LogP contribution in [-0.4, -0.2) is 62.3 Å². The molecule has 0 saturated carbocycles. The van der Waals surface area contributed by atoms with Crippen LogP contribution >= 0.6 is 11.6 Å². The van der Waals surface area contributed by atoms with E-state index in [0.29, 0.717) is 23.7 Å². The number of anilines is 1. The SMILES string of the molecule is CCN(CC(=O)Nc1cc(Cl)ccc1C)CC(=O)N[C@H]1CCS(=O)(=O)C1. The second-order valence-electron chi connectivity index (χ2n) is 6.48. The minimum atomic E-state index is -3.04. The van der Waals surface area contributed by atoms with Crippen molar-refractivity contribution in [2.45, 2.75) is 26.3 Å². The molecule has 1 atom stereocenters. The number of carbonyl (C=O) groups is 2. The summed E-state index contributed by atoms with van der Waals surface area (Å²) in [6.45, 7) is 4.32. The number of sulfone groups is 1. The summed E-state index contributed by atoms with van der Waals surface area (Å²) in [5.74, 6) is -0.426. The Balaban J connectivity index is 1.85. The van der Waals surface area contributed by atoms with Gasteiger partial charge in [0.2, 0.25) is 11.8 Å². The maximum atomic E-state index is 12.2. The van der Waals surface area contributed by atoms with Crippen LogP contribution in [0.5, 0.6) is 0 Å². The molecule has 0 aliphatic carbocycles. The highest BCUT2D eigenvalue weighted by molar-refractivity contribution is 7.91. The molecule has 0 aromatic heterocycles. The van der Waals surface area contributed by atoms with Crippen molar-refractivity contribution >= 4 is 38.9 Å². The van der Waals surface area contributed by atoms with Crippen molar-refractivity contribution in [2.24, 2.45) is 0 Å². The lowest BCUT2D eigenvalue weighted by Gasteiger charge is -2.21. The number of hydrogen-bond donors (Lipinski definition) is 2. The molecule has 0 radical (unpaired) electrons. The van der Waals surface area contributed by atoms with Crippen LogP contribution in [0.25, 0.3) is 0 Å². The molecule has 1 fully saturated rings. The lowest BCUT2D eigenvalue weighted by atomic mass is 10.2. The number of likely N-dealkylation sites (N-methyl/N-ethyl adjacent to an activating group) is 1. The fourth-order valence-electron chi connectivity index (χ4n) is 2.79. The van der Waals surface area contributed by atoms with Crippen LogP contribution in [-0.2, 0) is 19.4 Å². The molecule has 0 unspecified atom stereocenters. The topological polar surface area (TPSA) is 95.6 Å². The van der Waals surface area contributed by atoms with Crippen molar-refractivity contribution < 1.29 is 18.0 Å². The molecule has 26 heavy (non-hydrogen) atoms. The number of aryl methyl sites for hydroxylation is 1. The van der Waals surface area contributed by atoms with Crippen molar-refractivity contribution in [3.8, 4) is 0 Å². The second-order valence-corrected chi connectivity index (χ2v) is 9.14. The van der Waals surface area contributed by atoms with Gasteiger partial charge in [0.25, 0.3) is 0 Å². The van der Waals surface area contributed by atoms with Crippen LogP contribution in [0.3, 0.4) is 0 Å². The van der Waals surface area contributed by atoms with Gasteiger partial charge >= 0.3 is 0 Å². The van der Waals surface area contributed by atoms with Gasteiger partial charge in [-0.15, -0.1) is 0 Å². The first-order chi connectivity index (χ1) is 12.2. The Morgan fingerprint density at radius 1 is 1.27 bits per heavy atom. The van der Waals surface area contributed by atoms with Gasteiger partial charge in [0.05, 0.1) is 24.6 Å². The van der Waals surface area contributed by atoms with E-state index in [0.717, 1.165) is 5.56 Å². The summed E-state index contributed by atoms with van der Waals surface area (Å²) in [6, 6.07) is 4.91. The van der Waals surface area contributed by atoms with Gasteiger partial charge in [-0.2, -0.15) is 0 Å². The molecule has 144 valence electrons. The Bertz CT molecular complexity index is 782. The van der Waals surface area contributed by atoms with Crippen molar-refractivity contribution in [3.05, 3.63) is 28.8 Å². The molecule has 7 nitrogen and oxygen atoms in total. The third-order valence-electron chi connectivity index (χ3n) is 4.25. The Labute approximate surface area is 159 Å². The average molecular weight is 402 g/mol. The molecule has 2 rings (SSSR count). The number of nitrogens with one attached hydrogen (secondary N) is 2. The maximum Gasteiger partial charge on any atom is 0.238 e. The normalized spacial score (nSPS) is 18.7. The predicted molar refractivity (Wildman–Crippen MR) is 102 cm³/mol. The summed E-state index contributed by atoms with van der Waals surface area (Å²) in [7, 11) is -3.04. The van der Waals surface area contributed by atoms with Gasteiger partial charge in [-0.1, -0.05) is 24.6 Å². The molecular formula is C17H24ClN3O4S. The van der Waals surface area contributed by atoms with E-state index in [9.17, 15) is 18.0 Å². The number of benzene rings is 1. The van der Waals surface area contributed by atoms with Gasteiger partial charge in [0.15, 0.2) is 9.84 Å². The van der Waals surface area contributed by atoms with E-state index in [2.05, 4.69) is 10.6 Å². The first-order valence-electron chi connectivity index (χ1n) is 8.46. The third kappa shape index (κ3) is 6.26. The summed E-state index contributed by atoms with van der Waals surface area (Å²) < 4.78 is 22.9. The fourth-order valence-corrected chi connectivity index (χ4v) is 4.63. The highest BCUT2D eigenvalue weighted by Crippen LogP contribution is 2.20. The third-order valence-corrected chi connectivity index (χ3v) is 6.26. The first kappa shape index (κ1) is 20.7. The molecule has 1 aromatic carbocycles. The minimum Gasteiger partial charge on any atom is -0.351 e. The molecular weight excluding hydrogens is 378 g/mol. The van der Waals surface area contributed by atoms with Crippen LogP contribution in [0.1, 0.15) is 18.9 Å². The summed E-state index contributed by atoms with van der Waals surface area (Å²) in [5.41, 5.74) is 1.53. The standard InChI is InChI=1S/C17H24ClN3O4S/c1-3-21(9-16(22)19-14-6-7-26(24,25)11-14)10-17(23)20-15-8-13(18)5-4-12(15)2/h4-5,8,14H,3,6-7,9-11H2,1-2H3,(H,19,22)(H,20,23)/t14-/m0/s1. The van der Waals surface area contributed by atoms with Crippen LogP contribution in [0.4, 0.5) is 5.69 Å². The average Bonchev–Trinajstić information content (AvgIpc) is 2.88. The van der Waals surface area contributed by atoms with Crippen LogP contribution in [0, 0.1) is 6.92 Å². The summed E-state index contributed by atoms with van der Waals surface area (Å²) in [6.07, 6.45) is 0.439. The lowest BCUT2D eigenvalue weighted by molar-refractivity contribution is -0.123. The molecule has 1 aromatic rings. The van der Waals surface area contributed by atoms with Gasteiger partial charge < -0.3 is 10.6 Å². The largest absolute Gasteiger partial charge is 0.351 e. The Morgan fingerprint density at radius 3 is 2.58 bits per heavy atom. The Morgan fingerprint density at radius 2 is 1.96 bits per heavy atom. The van der Waals surface area contributed by atoms with E-state index in [1.165, 1.54) is 0 Å². The molecule has 2 amide bonds. The highest BCUT2D eigenvalue weighted by Gasteiger charge is 2.29. The van der Waals surface area contributed by atoms with Gasteiger partial charge in [0, 0.05) is 16.8 Å². The quantitative estimate of drug-likeness (QED) is 0.716. The van der Waals surface area contributed by atoms with E-state index in [1.807, 2.05) is 19.9 Å². The molecule has 0 spiro atoms. The van der Waals surface area contributed by atoms with Gasteiger partial charge in [-0.05, 0) is 37.6 Å². The van der Waals surface area contributed by atoms with Crippen LogP contribution in [0.2, 0.25) is 5.02 Å². The zero-order valence-electron chi connectivity index (χ0n) is 14.9. The second kappa shape index (κ2) is 8.83. The number of halogens is 1. The van der Waals surface area contributed by atoms with E-state index < -0.39 is 9.84 Å². The highest BCUT2D eigenvalue weighted by atomic mass is 35.5. The van der Waals surface area contributed by atoms with E-state index in [1.54, 1.807) is 17.0 Å². The maximum absolute atomic E-state index is 12.2. The van der Waals surface area contributed by atoms with Crippen LogP contribution in [0.15, 0.2) is 18.2 Å². The number of rotatable bonds is 7. The van der Waals surface area contributed by atoms with Gasteiger partial charge in [0.1, 0.15) is 0 Å². The zero-order valence-corrected chi connectivity index (χ0v) is 16.5. The summed E-state index contributed by atoms with van der Waals surface area (Å²) in [4.78, 5) is 26.1. The van der Waals surface area contributed by atoms with Crippen LogP contribution < -0.4 is 10.6 Å².